The number of aryl methyl sites for hydroxylation is 2. The van der Waals surface area contributed by atoms with E-state index in [1.165, 1.54) is 46.3 Å². The molecule has 0 radical (unpaired) electrons. The quantitative estimate of drug-likeness (QED) is 0.649. The van der Waals surface area contributed by atoms with Crippen LogP contribution in [0.25, 0.3) is 0 Å². The van der Waals surface area contributed by atoms with Crippen molar-refractivity contribution in [2.45, 2.75) is 51.5 Å². The molecule has 3 rings (SSSR count). The van der Waals surface area contributed by atoms with E-state index in [1.54, 1.807) is 10.4 Å². The first kappa shape index (κ1) is 15.7. The van der Waals surface area contributed by atoms with Crippen LogP contribution in [-0.2, 0) is 19.3 Å². The summed E-state index contributed by atoms with van der Waals surface area (Å²) in [7, 11) is 0. The van der Waals surface area contributed by atoms with E-state index in [9.17, 15) is 0 Å². The maximum Gasteiger partial charge on any atom is 0.0463 e. The van der Waals surface area contributed by atoms with Crippen LogP contribution in [0.4, 0.5) is 0 Å². The predicted octanol–water partition coefficient (Wildman–Crippen LogP) is 5.73. The minimum atomic E-state index is 0.470. The van der Waals surface area contributed by atoms with Gasteiger partial charge in [-0.1, -0.05) is 13.3 Å². The molecule has 0 spiro atoms. The van der Waals surface area contributed by atoms with Gasteiger partial charge in [0.1, 0.15) is 0 Å². The topological polar surface area (TPSA) is 12.0 Å². The highest BCUT2D eigenvalue weighted by Crippen LogP contribution is 2.34. The number of fused-ring (bicyclic) bond motifs is 1. The third-order valence-corrected chi connectivity index (χ3v) is 7.16. The molecule has 1 nitrogen and oxygen atoms in total. The molecular formula is C17H22BrNS2. The van der Waals surface area contributed by atoms with Gasteiger partial charge in [-0.3, -0.25) is 0 Å². The van der Waals surface area contributed by atoms with Gasteiger partial charge in [0.05, 0.1) is 0 Å². The first-order valence-electron chi connectivity index (χ1n) is 7.84. The fraction of sp³-hybridized carbons (Fsp3) is 0.529. The number of nitrogens with one attached hydrogen (secondary N) is 1. The van der Waals surface area contributed by atoms with Crippen LogP contribution in [0.5, 0.6) is 0 Å². The molecular weight excluding hydrogens is 362 g/mol. The lowest BCUT2D eigenvalue weighted by molar-refractivity contribution is 0.561. The smallest absolute Gasteiger partial charge is 0.0463 e. The Morgan fingerprint density at radius 1 is 1.24 bits per heavy atom. The van der Waals surface area contributed by atoms with Crippen molar-refractivity contribution < 1.29 is 0 Å². The highest BCUT2D eigenvalue weighted by molar-refractivity contribution is 9.10. The van der Waals surface area contributed by atoms with E-state index in [4.69, 9.17) is 0 Å². The number of halogens is 1. The molecule has 1 atom stereocenters. The predicted molar refractivity (Wildman–Crippen MR) is 97.7 cm³/mol. The Kier molecular flexibility index (Phi) is 5.54. The molecule has 0 saturated carbocycles. The SMILES string of the molecule is CCNC(Cc1cc(Br)cs1)c1cc2c(s1)CCCCC2. The van der Waals surface area contributed by atoms with Crippen molar-refractivity contribution in [1.29, 1.82) is 0 Å². The van der Waals surface area contributed by atoms with Crippen molar-refractivity contribution in [3.8, 4) is 0 Å². The van der Waals surface area contributed by atoms with Gasteiger partial charge in [0.2, 0.25) is 0 Å². The van der Waals surface area contributed by atoms with Crippen LogP contribution in [0.15, 0.2) is 22.0 Å². The fourth-order valence-corrected chi connectivity index (χ4v) is 5.88. The molecule has 0 fully saturated rings. The average Bonchev–Trinajstić information content (AvgIpc) is 2.99. The maximum absolute atomic E-state index is 3.68. The lowest BCUT2D eigenvalue weighted by Crippen LogP contribution is -2.21. The third kappa shape index (κ3) is 3.98. The lowest BCUT2D eigenvalue weighted by Gasteiger charge is -2.15. The molecule has 0 amide bonds. The van der Waals surface area contributed by atoms with Gasteiger partial charge in [0.25, 0.3) is 0 Å². The largest absolute Gasteiger partial charge is 0.309 e. The molecule has 0 bridgehead atoms. The molecule has 1 aliphatic rings. The zero-order chi connectivity index (χ0) is 14.7. The minimum Gasteiger partial charge on any atom is -0.309 e. The van der Waals surface area contributed by atoms with Gasteiger partial charge in [0.15, 0.2) is 0 Å². The van der Waals surface area contributed by atoms with Gasteiger partial charge < -0.3 is 5.32 Å². The Morgan fingerprint density at radius 3 is 2.86 bits per heavy atom. The molecule has 1 N–H and O–H groups in total. The first-order chi connectivity index (χ1) is 10.3. The first-order valence-corrected chi connectivity index (χ1v) is 10.3. The van der Waals surface area contributed by atoms with Gasteiger partial charge >= 0.3 is 0 Å². The van der Waals surface area contributed by atoms with E-state index >= 15 is 0 Å². The summed E-state index contributed by atoms with van der Waals surface area (Å²) in [6.45, 7) is 3.23. The lowest BCUT2D eigenvalue weighted by atomic mass is 10.1. The number of thiophene rings is 2. The second kappa shape index (κ2) is 7.40. The fourth-order valence-electron chi connectivity index (χ4n) is 3.04. The van der Waals surface area contributed by atoms with Crippen molar-refractivity contribution in [2.24, 2.45) is 0 Å². The summed E-state index contributed by atoms with van der Waals surface area (Å²) in [5, 5.41) is 5.87. The van der Waals surface area contributed by atoms with Gasteiger partial charge in [-0.15, -0.1) is 22.7 Å². The number of hydrogen-bond acceptors (Lipinski definition) is 3. The van der Waals surface area contributed by atoms with Crippen LogP contribution in [0.1, 0.15) is 52.4 Å². The Balaban J connectivity index is 1.80. The Hall–Kier alpha value is -0.160. The number of rotatable bonds is 5. The van der Waals surface area contributed by atoms with E-state index in [0.717, 1.165) is 13.0 Å². The van der Waals surface area contributed by atoms with Crippen LogP contribution < -0.4 is 5.32 Å². The Bertz CT molecular complexity index is 564. The number of likely N-dealkylation sites (N-methyl/N-ethyl adjacent to an activating group) is 1. The number of hydrogen-bond donors (Lipinski definition) is 1. The molecule has 2 aromatic rings. The molecule has 4 heteroatoms. The van der Waals surface area contributed by atoms with Crippen molar-refractivity contribution in [1.82, 2.24) is 5.32 Å². The van der Waals surface area contributed by atoms with E-state index in [-0.39, 0.29) is 0 Å². The Labute approximate surface area is 143 Å². The summed E-state index contributed by atoms with van der Waals surface area (Å²) in [6, 6.07) is 5.21. The molecule has 1 aliphatic carbocycles. The molecule has 114 valence electrons. The zero-order valence-corrected chi connectivity index (χ0v) is 15.7. The average molecular weight is 384 g/mol. The molecule has 0 saturated heterocycles. The van der Waals surface area contributed by atoms with E-state index in [0.29, 0.717) is 6.04 Å². The van der Waals surface area contributed by atoms with Crippen LogP contribution in [0, 0.1) is 0 Å². The molecule has 0 aromatic carbocycles. The zero-order valence-electron chi connectivity index (χ0n) is 12.5. The third-order valence-electron chi connectivity index (χ3n) is 4.09. The standard InChI is InChI=1S/C17H22BrNS2/c1-2-19-15(10-14-9-13(18)11-20-14)17-8-12-6-4-3-5-7-16(12)21-17/h8-9,11,15,19H,2-7,10H2,1H3. The van der Waals surface area contributed by atoms with Crippen LogP contribution in [0.3, 0.4) is 0 Å². The van der Waals surface area contributed by atoms with Crippen LogP contribution in [-0.4, -0.2) is 6.54 Å². The van der Waals surface area contributed by atoms with Crippen molar-refractivity contribution >= 4 is 38.6 Å². The van der Waals surface area contributed by atoms with E-state index < -0.39 is 0 Å². The molecule has 21 heavy (non-hydrogen) atoms. The summed E-state index contributed by atoms with van der Waals surface area (Å²) in [6.07, 6.45) is 7.82. The normalized spacial score (nSPS) is 16.5. The molecule has 2 aromatic heterocycles. The van der Waals surface area contributed by atoms with Gasteiger partial charge in [-0.2, -0.15) is 0 Å². The summed E-state index contributed by atoms with van der Waals surface area (Å²) >= 11 is 7.47. The van der Waals surface area contributed by atoms with E-state index in [1.807, 2.05) is 11.3 Å². The van der Waals surface area contributed by atoms with Gasteiger partial charge in [-0.05, 0) is 65.9 Å². The Morgan fingerprint density at radius 2 is 2.10 bits per heavy atom. The highest BCUT2D eigenvalue weighted by Gasteiger charge is 2.19. The summed E-state index contributed by atoms with van der Waals surface area (Å²) < 4.78 is 1.21. The molecule has 1 unspecified atom stereocenters. The van der Waals surface area contributed by atoms with Crippen molar-refractivity contribution in [2.75, 3.05) is 6.54 Å². The van der Waals surface area contributed by atoms with Crippen molar-refractivity contribution in [3.63, 3.8) is 0 Å². The molecule has 0 aliphatic heterocycles. The summed E-state index contributed by atoms with van der Waals surface area (Å²) in [4.78, 5) is 4.64. The monoisotopic (exact) mass is 383 g/mol. The summed E-state index contributed by atoms with van der Waals surface area (Å²) in [5.41, 5.74) is 1.63. The second-order valence-corrected chi connectivity index (χ2v) is 8.78. The van der Waals surface area contributed by atoms with E-state index in [2.05, 4.69) is 57.0 Å². The summed E-state index contributed by atoms with van der Waals surface area (Å²) in [5.74, 6) is 0. The van der Waals surface area contributed by atoms with Gasteiger partial charge in [0, 0.05) is 36.9 Å². The minimum absolute atomic E-state index is 0.470. The van der Waals surface area contributed by atoms with Gasteiger partial charge in [-0.25, -0.2) is 0 Å². The van der Waals surface area contributed by atoms with Crippen LogP contribution in [0.2, 0.25) is 0 Å². The maximum atomic E-state index is 3.68. The molecule has 2 heterocycles. The highest BCUT2D eigenvalue weighted by atomic mass is 79.9. The van der Waals surface area contributed by atoms with Crippen LogP contribution >= 0.6 is 38.6 Å². The second-order valence-electron chi connectivity index (χ2n) is 5.70. The van der Waals surface area contributed by atoms with Crippen molar-refractivity contribution in [3.05, 3.63) is 42.2 Å².